The number of carbonyl (C=O) groups is 3. The topological polar surface area (TPSA) is 105 Å². The summed E-state index contributed by atoms with van der Waals surface area (Å²) in [6, 6.07) is 18.1. The maximum Gasteiger partial charge on any atom is 0.339 e. The Bertz CT molecular complexity index is 1200. The zero-order chi connectivity index (χ0) is 23.1. The number of aliphatic hydroxyl groups is 1. The molecule has 3 aromatic carbocycles. The van der Waals surface area contributed by atoms with Gasteiger partial charge in [-0.3, -0.25) is 9.59 Å². The smallest absolute Gasteiger partial charge is 0.339 e. The van der Waals surface area contributed by atoms with Crippen LogP contribution in [0.4, 0.5) is 5.69 Å². The predicted molar refractivity (Wildman–Crippen MR) is 123 cm³/mol. The molecular weight excluding hydrogens is 408 g/mol. The van der Waals surface area contributed by atoms with Gasteiger partial charge in [0.2, 0.25) is 5.91 Å². The summed E-state index contributed by atoms with van der Waals surface area (Å²) >= 11 is 0. The molecule has 0 unspecified atom stereocenters. The van der Waals surface area contributed by atoms with E-state index < -0.39 is 17.8 Å². The molecule has 3 aromatic rings. The molecule has 0 atom stereocenters. The Morgan fingerprint density at radius 3 is 2.41 bits per heavy atom. The van der Waals surface area contributed by atoms with E-state index in [1.165, 1.54) is 31.4 Å². The number of carbonyl (C=O) groups excluding carboxylic acids is 3. The number of allylic oxidation sites excluding steroid dienone is 1. The van der Waals surface area contributed by atoms with Crippen molar-refractivity contribution in [2.75, 3.05) is 25.6 Å². The molecule has 0 saturated carbocycles. The molecule has 164 valence electrons. The van der Waals surface area contributed by atoms with Gasteiger partial charge in [0.05, 0.1) is 25.0 Å². The standard InChI is InChI=1S/C25H24N2O5/c1-16(18-8-7-17-5-3-4-6-19(17)14-18)13-23(29)27-22-15-20(24(30)26-11-12-28)9-10-21(22)25(31)32-2/h3-10,13-15,28H,11-12H2,1-2H3,(H,26,30)(H,27,29)/b16-13-. The van der Waals surface area contributed by atoms with Crippen LogP contribution in [0.5, 0.6) is 0 Å². The molecule has 0 aliphatic rings. The zero-order valence-corrected chi connectivity index (χ0v) is 17.8. The molecule has 0 saturated heterocycles. The SMILES string of the molecule is COC(=O)c1ccc(C(=O)NCCO)cc1NC(=O)/C=C(/C)c1ccc2ccccc2c1. The molecule has 0 radical (unpaired) electrons. The van der Waals surface area contributed by atoms with Gasteiger partial charge in [0.1, 0.15) is 0 Å². The Labute approximate surface area is 185 Å². The van der Waals surface area contributed by atoms with Crippen LogP contribution in [0.25, 0.3) is 16.3 Å². The van der Waals surface area contributed by atoms with Gasteiger partial charge < -0.3 is 20.5 Å². The van der Waals surface area contributed by atoms with Crippen LogP contribution in [0.15, 0.2) is 66.7 Å². The second-order valence-corrected chi connectivity index (χ2v) is 7.11. The van der Waals surface area contributed by atoms with Crippen molar-refractivity contribution in [2.45, 2.75) is 6.92 Å². The van der Waals surface area contributed by atoms with E-state index in [2.05, 4.69) is 10.6 Å². The lowest BCUT2D eigenvalue weighted by Gasteiger charge is -2.12. The minimum Gasteiger partial charge on any atom is -0.465 e. The van der Waals surface area contributed by atoms with Crippen LogP contribution in [0.2, 0.25) is 0 Å². The van der Waals surface area contributed by atoms with Gasteiger partial charge in [-0.15, -0.1) is 0 Å². The molecule has 2 amide bonds. The number of hydrogen-bond acceptors (Lipinski definition) is 5. The maximum atomic E-state index is 12.7. The van der Waals surface area contributed by atoms with Crippen LogP contribution in [0, 0.1) is 0 Å². The summed E-state index contributed by atoms with van der Waals surface area (Å²) in [6.07, 6.45) is 1.43. The van der Waals surface area contributed by atoms with Gasteiger partial charge in [-0.25, -0.2) is 4.79 Å². The number of anilines is 1. The van der Waals surface area contributed by atoms with E-state index in [-0.39, 0.29) is 30.0 Å². The molecule has 0 aliphatic carbocycles. The summed E-state index contributed by atoms with van der Waals surface area (Å²) in [7, 11) is 1.24. The molecule has 32 heavy (non-hydrogen) atoms. The molecule has 7 nitrogen and oxygen atoms in total. The van der Waals surface area contributed by atoms with E-state index in [4.69, 9.17) is 9.84 Å². The lowest BCUT2D eigenvalue weighted by atomic mass is 10.0. The molecule has 0 aliphatic heterocycles. The van der Waals surface area contributed by atoms with Crippen LogP contribution in [0.3, 0.4) is 0 Å². The third kappa shape index (κ3) is 5.39. The highest BCUT2D eigenvalue weighted by atomic mass is 16.5. The van der Waals surface area contributed by atoms with Gasteiger partial charge in [-0.05, 0) is 53.1 Å². The molecule has 7 heteroatoms. The fraction of sp³-hybridized carbons (Fsp3) is 0.160. The molecular formula is C25H24N2O5. The molecule has 0 spiro atoms. The van der Waals surface area contributed by atoms with Crippen LogP contribution in [0.1, 0.15) is 33.2 Å². The number of methoxy groups -OCH3 is 1. The molecule has 0 heterocycles. The highest BCUT2D eigenvalue weighted by molar-refractivity contribution is 6.09. The average Bonchev–Trinajstić information content (AvgIpc) is 2.81. The second-order valence-electron chi connectivity index (χ2n) is 7.11. The number of aliphatic hydroxyl groups excluding tert-OH is 1. The molecule has 3 rings (SSSR count). The highest BCUT2D eigenvalue weighted by Crippen LogP contribution is 2.22. The summed E-state index contributed by atoms with van der Waals surface area (Å²) in [5.74, 6) is -1.53. The largest absolute Gasteiger partial charge is 0.465 e. The van der Waals surface area contributed by atoms with E-state index in [9.17, 15) is 14.4 Å². The highest BCUT2D eigenvalue weighted by Gasteiger charge is 2.16. The van der Waals surface area contributed by atoms with Crippen molar-refractivity contribution in [3.8, 4) is 0 Å². The maximum absolute atomic E-state index is 12.7. The van der Waals surface area contributed by atoms with Crippen LogP contribution >= 0.6 is 0 Å². The number of esters is 1. The first-order valence-electron chi connectivity index (χ1n) is 10.0. The number of fused-ring (bicyclic) bond motifs is 1. The number of benzene rings is 3. The Morgan fingerprint density at radius 2 is 1.69 bits per heavy atom. The van der Waals surface area contributed by atoms with Gasteiger partial charge >= 0.3 is 5.97 Å². The minimum absolute atomic E-state index is 0.0902. The Hall–Kier alpha value is -3.97. The number of ether oxygens (including phenoxy) is 1. The van der Waals surface area contributed by atoms with E-state index in [1.54, 1.807) is 0 Å². The first kappa shape index (κ1) is 22.7. The fourth-order valence-corrected chi connectivity index (χ4v) is 3.23. The van der Waals surface area contributed by atoms with Crippen molar-refractivity contribution in [1.29, 1.82) is 0 Å². The number of amides is 2. The number of nitrogens with one attached hydrogen (secondary N) is 2. The Kier molecular flexibility index (Phi) is 7.36. The van der Waals surface area contributed by atoms with E-state index in [0.717, 1.165) is 21.9 Å². The third-order valence-electron chi connectivity index (χ3n) is 4.89. The molecule has 0 bridgehead atoms. The number of hydrogen-bond donors (Lipinski definition) is 3. The third-order valence-corrected chi connectivity index (χ3v) is 4.89. The van der Waals surface area contributed by atoms with E-state index in [1.807, 2.05) is 49.4 Å². The summed E-state index contributed by atoms with van der Waals surface area (Å²) in [4.78, 5) is 37.0. The van der Waals surface area contributed by atoms with Gasteiger partial charge in [0.25, 0.3) is 5.91 Å². The quantitative estimate of drug-likeness (QED) is 0.392. The normalized spacial score (nSPS) is 11.2. The van der Waals surface area contributed by atoms with Crippen molar-refractivity contribution in [1.82, 2.24) is 5.32 Å². The lowest BCUT2D eigenvalue weighted by Crippen LogP contribution is -2.26. The van der Waals surface area contributed by atoms with Gasteiger partial charge in [-0.2, -0.15) is 0 Å². The summed E-state index contributed by atoms with van der Waals surface area (Å²) in [5.41, 5.74) is 2.14. The predicted octanol–water partition coefficient (Wildman–Crippen LogP) is 3.39. The average molecular weight is 432 g/mol. The molecule has 0 aromatic heterocycles. The first-order chi connectivity index (χ1) is 15.4. The van der Waals surface area contributed by atoms with Crippen molar-refractivity contribution in [2.24, 2.45) is 0 Å². The molecule has 3 N–H and O–H groups in total. The van der Waals surface area contributed by atoms with Crippen molar-refractivity contribution >= 4 is 39.8 Å². The van der Waals surface area contributed by atoms with Crippen molar-refractivity contribution in [3.05, 3.63) is 83.4 Å². The summed E-state index contributed by atoms with van der Waals surface area (Å²) in [5, 5.41) is 16.2. The second kappa shape index (κ2) is 10.4. The van der Waals surface area contributed by atoms with E-state index >= 15 is 0 Å². The van der Waals surface area contributed by atoms with Crippen LogP contribution in [-0.2, 0) is 9.53 Å². The monoisotopic (exact) mass is 432 g/mol. The first-order valence-corrected chi connectivity index (χ1v) is 10.0. The van der Waals surface area contributed by atoms with Gasteiger partial charge in [0, 0.05) is 18.2 Å². The zero-order valence-electron chi connectivity index (χ0n) is 17.8. The minimum atomic E-state index is -0.641. The lowest BCUT2D eigenvalue weighted by molar-refractivity contribution is -0.111. The summed E-state index contributed by atoms with van der Waals surface area (Å²) < 4.78 is 4.78. The van der Waals surface area contributed by atoms with Crippen LogP contribution in [-0.4, -0.2) is 43.2 Å². The van der Waals surface area contributed by atoms with Crippen LogP contribution < -0.4 is 10.6 Å². The molecule has 0 fully saturated rings. The van der Waals surface area contributed by atoms with E-state index in [0.29, 0.717) is 0 Å². The fourth-order valence-electron chi connectivity index (χ4n) is 3.23. The van der Waals surface area contributed by atoms with Crippen molar-refractivity contribution in [3.63, 3.8) is 0 Å². The van der Waals surface area contributed by atoms with Crippen molar-refractivity contribution < 1.29 is 24.2 Å². The Morgan fingerprint density at radius 1 is 0.969 bits per heavy atom. The Balaban J connectivity index is 1.86. The number of rotatable bonds is 7. The summed E-state index contributed by atoms with van der Waals surface area (Å²) in [6.45, 7) is 1.71. The van der Waals surface area contributed by atoms with Gasteiger partial charge in [-0.1, -0.05) is 36.4 Å². The van der Waals surface area contributed by atoms with Gasteiger partial charge in [0.15, 0.2) is 0 Å².